The van der Waals surface area contributed by atoms with Crippen LogP contribution in [0.5, 0.6) is 11.5 Å². The SMILES string of the molecule is CCOc1ccc(NC2=C(c3ccc(OC(C)C)cc3)C(=O)N(c3ccccc3)C2=O)cc1. The molecule has 1 N–H and O–H groups in total. The number of para-hydroxylation sites is 1. The normalized spacial score (nSPS) is 13.6. The van der Waals surface area contributed by atoms with E-state index in [0.29, 0.717) is 34.9 Å². The van der Waals surface area contributed by atoms with E-state index in [9.17, 15) is 9.59 Å². The Morgan fingerprint density at radius 1 is 0.818 bits per heavy atom. The Balaban J connectivity index is 1.73. The molecule has 0 saturated carbocycles. The Hall–Kier alpha value is -4.06. The highest BCUT2D eigenvalue weighted by Gasteiger charge is 2.40. The molecule has 1 heterocycles. The minimum atomic E-state index is -0.405. The van der Waals surface area contributed by atoms with E-state index in [-0.39, 0.29) is 17.7 Å². The van der Waals surface area contributed by atoms with E-state index >= 15 is 0 Å². The van der Waals surface area contributed by atoms with E-state index < -0.39 is 5.91 Å². The maximum absolute atomic E-state index is 13.5. The van der Waals surface area contributed by atoms with Gasteiger partial charge in [-0.1, -0.05) is 30.3 Å². The van der Waals surface area contributed by atoms with Crippen LogP contribution in [0.1, 0.15) is 26.3 Å². The highest BCUT2D eigenvalue weighted by molar-refractivity contribution is 6.46. The highest BCUT2D eigenvalue weighted by Crippen LogP contribution is 2.34. The minimum Gasteiger partial charge on any atom is -0.494 e. The predicted molar refractivity (Wildman–Crippen MR) is 129 cm³/mol. The molecule has 0 atom stereocenters. The van der Waals surface area contributed by atoms with Gasteiger partial charge in [0.15, 0.2) is 0 Å². The van der Waals surface area contributed by atoms with Gasteiger partial charge in [-0.15, -0.1) is 0 Å². The van der Waals surface area contributed by atoms with Gasteiger partial charge in [0.25, 0.3) is 11.8 Å². The molecule has 3 aromatic carbocycles. The van der Waals surface area contributed by atoms with Gasteiger partial charge in [0, 0.05) is 5.69 Å². The molecular formula is C27H26N2O4. The van der Waals surface area contributed by atoms with Gasteiger partial charge in [0.1, 0.15) is 17.2 Å². The van der Waals surface area contributed by atoms with Gasteiger partial charge >= 0.3 is 0 Å². The zero-order chi connectivity index (χ0) is 23.4. The molecule has 1 aliphatic rings. The average molecular weight is 443 g/mol. The molecule has 3 aromatic rings. The summed E-state index contributed by atoms with van der Waals surface area (Å²) in [6, 6.07) is 23.4. The third kappa shape index (κ3) is 4.75. The summed E-state index contributed by atoms with van der Waals surface area (Å²) in [5.74, 6) is 0.652. The maximum atomic E-state index is 13.5. The summed E-state index contributed by atoms with van der Waals surface area (Å²) in [6.07, 6.45) is 0.0372. The smallest absolute Gasteiger partial charge is 0.282 e. The number of rotatable bonds is 8. The number of carbonyl (C=O) groups is 2. The fraction of sp³-hybridized carbons (Fsp3) is 0.185. The van der Waals surface area contributed by atoms with Crippen LogP contribution < -0.4 is 19.7 Å². The van der Waals surface area contributed by atoms with Crippen LogP contribution in [0.2, 0.25) is 0 Å². The third-order valence-corrected chi connectivity index (χ3v) is 5.05. The Labute approximate surface area is 193 Å². The second kappa shape index (κ2) is 9.61. The molecule has 0 aromatic heterocycles. The van der Waals surface area contributed by atoms with Crippen molar-refractivity contribution in [2.45, 2.75) is 26.9 Å². The van der Waals surface area contributed by atoms with Gasteiger partial charge in [-0.05, 0) is 74.9 Å². The summed E-state index contributed by atoms with van der Waals surface area (Å²) in [7, 11) is 0. The topological polar surface area (TPSA) is 67.9 Å². The summed E-state index contributed by atoms with van der Waals surface area (Å²) in [5.41, 5.74) is 2.38. The molecule has 168 valence electrons. The Morgan fingerprint density at radius 3 is 2.06 bits per heavy atom. The van der Waals surface area contributed by atoms with Gasteiger partial charge in [0.05, 0.1) is 24.0 Å². The van der Waals surface area contributed by atoms with Crippen LogP contribution in [0.3, 0.4) is 0 Å². The van der Waals surface area contributed by atoms with E-state index in [1.165, 1.54) is 4.90 Å². The zero-order valence-corrected chi connectivity index (χ0v) is 18.9. The predicted octanol–water partition coefficient (Wildman–Crippen LogP) is 5.27. The van der Waals surface area contributed by atoms with Crippen molar-refractivity contribution < 1.29 is 19.1 Å². The van der Waals surface area contributed by atoms with Crippen molar-refractivity contribution in [1.82, 2.24) is 0 Å². The third-order valence-electron chi connectivity index (χ3n) is 5.05. The number of benzene rings is 3. The molecule has 4 rings (SSSR count). The van der Waals surface area contributed by atoms with Gasteiger partial charge in [-0.2, -0.15) is 0 Å². The number of ether oxygens (including phenoxy) is 2. The lowest BCUT2D eigenvalue weighted by Crippen LogP contribution is -2.32. The molecule has 6 nitrogen and oxygen atoms in total. The van der Waals surface area contributed by atoms with Crippen molar-refractivity contribution in [3.63, 3.8) is 0 Å². The van der Waals surface area contributed by atoms with Gasteiger partial charge in [0.2, 0.25) is 0 Å². The molecular weight excluding hydrogens is 416 g/mol. The first-order chi connectivity index (χ1) is 16.0. The van der Waals surface area contributed by atoms with Crippen molar-refractivity contribution in [1.29, 1.82) is 0 Å². The standard InChI is InChI=1S/C27H26N2O4/c1-4-32-22-16-12-20(13-17-22)28-25-24(19-10-14-23(15-11-19)33-18(2)3)26(30)29(27(25)31)21-8-6-5-7-9-21/h5-18,28H,4H2,1-3H3. The van der Waals surface area contributed by atoms with Crippen molar-refractivity contribution in [3.05, 3.63) is 90.1 Å². The quantitative estimate of drug-likeness (QED) is 0.482. The van der Waals surface area contributed by atoms with E-state index in [2.05, 4.69) is 5.32 Å². The number of hydrogen-bond donors (Lipinski definition) is 1. The number of amides is 2. The maximum Gasteiger partial charge on any atom is 0.282 e. The lowest BCUT2D eigenvalue weighted by atomic mass is 10.0. The first-order valence-electron chi connectivity index (χ1n) is 10.9. The van der Waals surface area contributed by atoms with Crippen LogP contribution in [0.4, 0.5) is 11.4 Å². The van der Waals surface area contributed by atoms with Gasteiger partial charge in [-0.3, -0.25) is 9.59 Å². The van der Waals surface area contributed by atoms with E-state index in [4.69, 9.17) is 9.47 Å². The lowest BCUT2D eigenvalue weighted by Gasteiger charge is -2.15. The first-order valence-corrected chi connectivity index (χ1v) is 10.9. The van der Waals surface area contributed by atoms with E-state index in [1.807, 2.05) is 51.1 Å². The molecule has 0 saturated heterocycles. The van der Waals surface area contributed by atoms with Crippen LogP contribution in [0, 0.1) is 0 Å². The Kier molecular flexibility index (Phi) is 6.45. The Morgan fingerprint density at radius 2 is 1.45 bits per heavy atom. The molecule has 0 unspecified atom stereocenters. The number of nitrogens with one attached hydrogen (secondary N) is 1. The van der Waals surface area contributed by atoms with Gasteiger partial charge < -0.3 is 14.8 Å². The highest BCUT2D eigenvalue weighted by atomic mass is 16.5. The van der Waals surface area contributed by atoms with E-state index in [1.54, 1.807) is 48.5 Å². The molecule has 33 heavy (non-hydrogen) atoms. The Bertz CT molecular complexity index is 1170. The van der Waals surface area contributed by atoms with Gasteiger partial charge in [-0.25, -0.2) is 4.90 Å². The summed E-state index contributed by atoms with van der Waals surface area (Å²) in [4.78, 5) is 28.1. The van der Waals surface area contributed by atoms with Crippen molar-refractivity contribution in [2.24, 2.45) is 0 Å². The molecule has 0 bridgehead atoms. The summed E-state index contributed by atoms with van der Waals surface area (Å²) in [6.45, 7) is 6.39. The van der Waals surface area contributed by atoms with Crippen molar-refractivity contribution >= 4 is 28.8 Å². The van der Waals surface area contributed by atoms with E-state index in [0.717, 1.165) is 5.75 Å². The van der Waals surface area contributed by atoms with Crippen LogP contribution in [0.25, 0.3) is 5.57 Å². The molecule has 0 fully saturated rings. The molecule has 1 aliphatic heterocycles. The molecule has 6 heteroatoms. The second-order valence-electron chi connectivity index (χ2n) is 7.80. The lowest BCUT2D eigenvalue weighted by molar-refractivity contribution is -0.120. The number of anilines is 2. The number of carbonyl (C=O) groups excluding carboxylic acids is 2. The monoisotopic (exact) mass is 442 g/mol. The molecule has 0 aliphatic carbocycles. The summed E-state index contributed by atoms with van der Waals surface area (Å²) in [5, 5.41) is 3.17. The van der Waals surface area contributed by atoms with Crippen LogP contribution in [0.15, 0.2) is 84.6 Å². The van der Waals surface area contributed by atoms with Crippen LogP contribution in [-0.2, 0) is 9.59 Å². The van der Waals surface area contributed by atoms with Crippen molar-refractivity contribution in [2.75, 3.05) is 16.8 Å². The zero-order valence-electron chi connectivity index (χ0n) is 18.9. The van der Waals surface area contributed by atoms with Crippen molar-refractivity contribution in [3.8, 4) is 11.5 Å². The molecule has 0 spiro atoms. The second-order valence-corrected chi connectivity index (χ2v) is 7.80. The first kappa shape index (κ1) is 22.1. The van der Waals surface area contributed by atoms with Crippen LogP contribution in [-0.4, -0.2) is 24.5 Å². The number of nitrogens with zero attached hydrogens (tertiary/aromatic N) is 1. The molecule has 0 radical (unpaired) electrons. The number of imide groups is 1. The summed E-state index contributed by atoms with van der Waals surface area (Å²) >= 11 is 0. The average Bonchev–Trinajstić information content (AvgIpc) is 3.05. The minimum absolute atomic E-state index is 0.0372. The van der Waals surface area contributed by atoms with Crippen LogP contribution >= 0.6 is 0 Å². The largest absolute Gasteiger partial charge is 0.494 e. The fourth-order valence-electron chi connectivity index (χ4n) is 3.64. The molecule has 2 amide bonds. The fourth-order valence-corrected chi connectivity index (χ4v) is 3.64. The number of hydrogen-bond acceptors (Lipinski definition) is 5. The summed E-state index contributed by atoms with van der Waals surface area (Å²) < 4.78 is 11.2.